The molecule has 0 unspecified atom stereocenters. The summed E-state index contributed by atoms with van der Waals surface area (Å²) < 4.78 is 7.19. The average Bonchev–Trinajstić information content (AvgIpc) is 3.40. The fraction of sp³-hybridized carbons (Fsp3) is 0.250. The van der Waals surface area contributed by atoms with Gasteiger partial charge in [0.2, 0.25) is 0 Å². The van der Waals surface area contributed by atoms with E-state index in [-0.39, 0.29) is 0 Å². The molecule has 1 fully saturated rings. The van der Waals surface area contributed by atoms with Crippen LogP contribution in [0.1, 0.15) is 44.5 Å². The van der Waals surface area contributed by atoms with Crippen LogP contribution in [0.4, 0.5) is 17.1 Å². The molecular formula is C36H40Cl2N3ORu-. The van der Waals surface area contributed by atoms with E-state index in [4.69, 9.17) is 24.1 Å². The van der Waals surface area contributed by atoms with Crippen molar-refractivity contribution in [2.45, 2.75) is 41.5 Å². The first-order chi connectivity index (χ1) is 20.6. The number of methoxy groups -OCH3 is 1. The van der Waals surface area contributed by atoms with Crippen LogP contribution in [0.5, 0.6) is 5.75 Å². The van der Waals surface area contributed by atoms with Gasteiger partial charge in [-0.05, 0) is 63.8 Å². The van der Waals surface area contributed by atoms with Crippen molar-refractivity contribution in [1.82, 2.24) is 0 Å². The van der Waals surface area contributed by atoms with Gasteiger partial charge < -0.3 is 9.80 Å². The molecule has 0 aromatic heterocycles. The van der Waals surface area contributed by atoms with Gasteiger partial charge in [0.15, 0.2) is 0 Å². The van der Waals surface area contributed by atoms with Crippen molar-refractivity contribution in [2.24, 2.45) is 4.99 Å². The normalized spacial score (nSPS) is 13.2. The zero-order valence-electron chi connectivity index (χ0n) is 25.9. The number of rotatable bonds is 6. The molecule has 228 valence electrons. The van der Waals surface area contributed by atoms with Crippen LogP contribution in [0.25, 0.3) is 0 Å². The molecule has 4 nitrogen and oxygen atoms in total. The Balaban J connectivity index is 0.000000199. The predicted octanol–water partition coefficient (Wildman–Crippen LogP) is 9.50. The second kappa shape index (κ2) is 15.2. The molecule has 0 aliphatic carbocycles. The minimum Gasteiger partial charge on any atom is -0.502 e. The number of halogens is 2. The molecule has 1 aliphatic rings. The number of hydrogen-bond acceptors (Lipinski definition) is 4. The summed E-state index contributed by atoms with van der Waals surface area (Å²) in [4.78, 5) is 9.32. The van der Waals surface area contributed by atoms with Crippen molar-refractivity contribution < 1.29 is 18.3 Å². The molecular weight excluding hydrogens is 662 g/mol. The van der Waals surface area contributed by atoms with Crippen molar-refractivity contribution in [3.05, 3.63) is 124 Å². The minimum absolute atomic E-state index is 0.792. The van der Waals surface area contributed by atoms with Crippen molar-refractivity contribution in [2.75, 3.05) is 30.0 Å². The quantitative estimate of drug-likeness (QED) is 0.114. The number of para-hydroxylation sites is 2. The zero-order chi connectivity index (χ0) is 31.1. The summed E-state index contributed by atoms with van der Waals surface area (Å²) in [7, 11) is 13.5. The number of nitrogens with zero attached hydrogens (tertiary/aromatic N) is 3. The van der Waals surface area contributed by atoms with Gasteiger partial charge in [-0.15, -0.1) is 0 Å². The van der Waals surface area contributed by atoms with Gasteiger partial charge in [0.25, 0.3) is 0 Å². The van der Waals surface area contributed by atoms with E-state index in [1.165, 1.54) is 44.8 Å². The summed E-state index contributed by atoms with van der Waals surface area (Å²) >= 11 is -1.86. The monoisotopic (exact) mass is 702 g/mol. The van der Waals surface area contributed by atoms with Crippen LogP contribution in [0.15, 0.2) is 77.8 Å². The van der Waals surface area contributed by atoms with Gasteiger partial charge >= 0.3 is 132 Å². The molecule has 0 bridgehead atoms. The second-order valence-corrected chi connectivity index (χ2v) is 16.6. The maximum Gasteiger partial charge on any atom is 0.0146 e. The zero-order valence-corrected chi connectivity index (χ0v) is 29.2. The van der Waals surface area contributed by atoms with Crippen LogP contribution >= 0.6 is 19.4 Å². The molecule has 0 atom stereocenters. The first-order valence-electron chi connectivity index (χ1n) is 14.2. The molecule has 5 rings (SSSR count). The van der Waals surface area contributed by atoms with Gasteiger partial charge in [0, 0.05) is 24.5 Å². The van der Waals surface area contributed by atoms with Crippen LogP contribution in [0.3, 0.4) is 0 Å². The van der Waals surface area contributed by atoms with E-state index in [2.05, 4.69) is 87.3 Å². The summed E-state index contributed by atoms with van der Waals surface area (Å²) in [5.41, 5.74) is 13.6. The molecule has 7 heteroatoms. The SMILES string of the molecule is COc1ccccc1C=Nc1ccccc1[CH]=[Ru]([Cl])[Cl].Cc1cc(C)c(N2[CH-]N(c3c(C)cc(C)cc3C)CC2)c(C)c1. The Morgan fingerprint density at radius 3 is 1.67 bits per heavy atom. The van der Waals surface area contributed by atoms with Crippen molar-refractivity contribution in [1.29, 1.82) is 0 Å². The molecule has 1 heterocycles. The summed E-state index contributed by atoms with van der Waals surface area (Å²) in [6, 6.07) is 24.6. The minimum atomic E-state index is -1.86. The number of benzene rings is 4. The van der Waals surface area contributed by atoms with E-state index < -0.39 is 13.5 Å². The van der Waals surface area contributed by atoms with Crippen LogP contribution < -0.4 is 14.5 Å². The van der Waals surface area contributed by atoms with Gasteiger partial charge in [-0.3, -0.25) is 0 Å². The van der Waals surface area contributed by atoms with E-state index in [0.29, 0.717) is 0 Å². The largest absolute Gasteiger partial charge is 0.502 e. The van der Waals surface area contributed by atoms with Gasteiger partial charge in [-0.25, -0.2) is 0 Å². The Morgan fingerprint density at radius 2 is 1.19 bits per heavy atom. The maximum atomic E-state index is 5.93. The topological polar surface area (TPSA) is 28.1 Å². The number of hydrogen-bond donors (Lipinski definition) is 0. The summed E-state index contributed by atoms with van der Waals surface area (Å²) in [6.07, 6.45) is 1.78. The Morgan fingerprint density at radius 1 is 0.721 bits per heavy atom. The molecule has 1 saturated heterocycles. The second-order valence-electron chi connectivity index (χ2n) is 10.9. The van der Waals surface area contributed by atoms with E-state index >= 15 is 0 Å². The average molecular weight is 703 g/mol. The van der Waals surface area contributed by atoms with Crippen molar-refractivity contribution in [3.63, 3.8) is 0 Å². The standard InChI is InChI=1S/C21H27N2.C15H13NO.2ClH.Ru/c1-14-9-16(3)20(17(4)10-14)22-7-8-23(13-22)21-18(5)11-15(2)12-19(21)6;1-12-7-3-5-9-14(12)16-11-13-8-4-6-10-15(13)17-2;;;/h9-13H,7-8H2,1-6H3;1,3-11H,2H3;2*1H;/q-1;;;;+2/p-2. The van der Waals surface area contributed by atoms with Crippen LogP contribution in [-0.4, -0.2) is 31.0 Å². The van der Waals surface area contributed by atoms with Gasteiger partial charge in [-0.1, -0.05) is 35.4 Å². The van der Waals surface area contributed by atoms with E-state index in [1.807, 2.05) is 53.1 Å². The third kappa shape index (κ3) is 8.57. The smallest absolute Gasteiger partial charge is 0.0146 e. The Labute approximate surface area is 270 Å². The van der Waals surface area contributed by atoms with Crippen LogP contribution in [0.2, 0.25) is 0 Å². The van der Waals surface area contributed by atoms with Crippen molar-refractivity contribution in [3.8, 4) is 5.75 Å². The van der Waals surface area contributed by atoms with Gasteiger partial charge in [0.05, 0.1) is 0 Å². The summed E-state index contributed by atoms with van der Waals surface area (Å²) in [5.74, 6) is 0.792. The molecule has 0 amide bonds. The summed E-state index contributed by atoms with van der Waals surface area (Å²) in [5, 5.41) is 0. The molecule has 4 aromatic carbocycles. The van der Waals surface area contributed by atoms with Crippen LogP contribution in [0, 0.1) is 48.2 Å². The molecule has 1 aliphatic heterocycles. The molecule has 4 aromatic rings. The fourth-order valence-electron chi connectivity index (χ4n) is 5.78. The van der Waals surface area contributed by atoms with E-state index in [9.17, 15) is 0 Å². The molecule has 43 heavy (non-hydrogen) atoms. The summed E-state index contributed by atoms with van der Waals surface area (Å²) in [6.45, 7) is 17.6. The van der Waals surface area contributed by atoms with Gasteiger partial charge in [-0.2, -0.15) is 6.67 Å². The Kier molecular flexibility index (Phi) is 11.6. The fourth-order valence-corrected chi connectivity index (χ4v) is 7.59. The van der Waals surface area contributed by atoms with E-state index in [0.717, 1.165) is 35.7 Å². The number of aryl methyl sites for hydroxylation is 6. The third-order valence-electron chi connectivity index (χ3n) is 7.31. The van der Waals surface area contributed by atoms with Crippen LogP contribution in [-0.2, 0) is 13.5 Å². The molecule has 0 spiro atoms. The number of ether oxygens (including phenoxy) is 1. The van der Waals surface area contributed by atoms with Gasteiger partial charge in [0.1, 0.15) is 0 Å². The predicted molar refractivity (Wildman–Crippen MR) is 184 cm³/mol. The Bertz CT molecular complexity index is 1540. The molecule has 0 saturated carbocycles. The number of anilines is 2. The molecule has 0 N–H and O–H groups in total. The van der Waals surface area contributed by atoms with Crippen molar-refractivity contribution >= 4 is 47.3 Å². The first-order valence-corrected chi connectivity index (χ1v) is 19.7. The maximum absolute atomic E-state index is 5.93. The molecule has 0 radical (unpaired) electrons. The number of aliphatic imine (C=N–C) groups is 1. The van der Waals surface area contributed by atoms with E-state index in [1.54, 1.807) is 13.3 Å². The Hall–Kier alpha value is -2.98. The third-order valence-corrected chi connectivity index (χ3v) is 9.14. The first kappa shape index (κ1) is 32.9.